The Bertz CT molecular complexity index is 849. The van der Waals surface area contributed by atoms with E-state index >= 15 is 0 Å². The van der Waals surface area contributed by atoms with Crippen molar-refractivity contribution in [1.29, 1.82) is 0 Å². The van der Waals surface area contributed by atoms with Crippen molar-refractivity contribution in [3.05, 3.63) is 52.5 Å². The lowest BCUT2D eigenvalue weighted by molar-refractivity contribution is -0.136. The zero-order valence-corrected chi connectivity index (χ0v) is 16.0. The number of carboxylic acid groups (broad SMARTS) is 1. The third kappa shape index (κ3) is 4.75. The first kappa shape index (κ1) is 20.2. The van der Waals surface area contributed by atoms with Gasteiger partial charge in [-0.05, 0) is 38.8 Å². The molecule has 27 heavy (non-hydrogen) atoms. The minimum atomic E-state index is -1.09. The molecule has 1 heterocycles. The molecular formula is C20H24N2O5. The van der Waals surface area contributed by atoms with Crippen LogP contribution in [0.1, 0.15) is 39.7 Å². The van der Waals surface area contributed by atoms with Crippen LogP contribution in [0.4, 0.5) is 5.69 Å². The number of nitrogens with zero attached hydrogens (tertiary/aromatic N) is 1. The number of amides is 2. The molecule has 2 N–H and O–H groups in total. The summed E-state index contributed by atoms with van der Waals surface area (Å²) in [5, 5.41) is 11.8. The van der Waals surface area contributed by atoms with E-state index in [1.54, 1.807) is 13.8 Å². The largest absolute Gasteiger partial charge is 0.481 e. The third-order valence-corrected chi connectivity index (χ3v) is 4.33. The van der Waals surface area contributed by atoms with Crippen molar-refractivity contribution in [3.63, 3.8) is 0 Å². The lowest BCUT2D eigenvalue weighted by Gasteiger charge is -2.21. The Balaban J connectivity index is 2.17. The lowest BCUT2D eigenvalue weighted by atomic mass is 10.1. The number of hydrogen-bond acceptors (Lipinski definition) is 4. The fourth-order valence-corrected chi connectivity index (χ4v) is 2.90. The van der Waals surface area contributed by atoms with Crippen LogP contribution in [0.25, 0.3) is 0 Å². The molecule has 0 radical (unpaired) electrons. The number of hydrogen-bond donors (Lipinski definition) is 2. The van der Waals surface area contributed by atoms with E-state index in [1.165, 1.54) is 11.2 Å². The number of anilines is 1. The molecule has 0 fully saturated rings. The zero-order chi connectivity index (χ0) is 20.1. The molecule has 1 aromatic heterocycles. The number of rotatable bonds is 7. The van der Waals surface area contributed by atoms with Gasteiger partial charge in [0.25, 0.3) is 5.91 Å². The highest BCUT2D eigenvalue weighted by Crippen LogP contribution is 2.21. The average molecular weight is 372 g/mol. The molecule has 144 valence electrons. The molecule has 2 aromatic rings. The molecule has 7 nitrogen and oxygen atoms in total. The van der Waals surface area contributed by atoms with Gasteiger partial charge in [0.1, 0.15) is 18.7 Å². The summed E-state index contributed by atoms with van der Waals surface area (Å²) < 4.78 is 5.23. The fourth-order valence-electron chi connectivity index (χ4n) is 2.90. The van der Waals surface area contributed by atoms with Crippen molar-refractivity contribution in [1.82, 2.24) is 4.90 Å². The summed E-state index contributed by atoms with van der Waals surface area (Å²) in [5.41, 5.74) is 3.36. The molecule has 0 spiro atoms. The van der Waals surface area contributed by atoms with Gasteiger partial charge < -0.3 is 19.7 Å². The molecule has 7 heteroatoms. The van der Waals surface area contributed by atoms with Crippen molar-refractivity contribution >= 4 is 23.5 Å². The van der Waals surface area contributed by atoms with E-state index in [2.05, 4.69) is 5.32 Å². The van der Waals surface area contributed by atoms with Crippen molar-refractivity contribution < 1.29 is 23.9 Å². The Labute approximate surface area is 158 Å². The van der Waals surface area contributed by atoms with Crippen LogP contribution in [0.3, 0.4) is 0 Å². The lowest BCUT2D eigenvalue weighted by Crippen LogP contribution is -2.38. The first-order chi connectivity index (χ1) is 12.7. The molecule has 0 aliphatic heterocycles. The predicted molar refractivity (Wildman–Crippen MR) is 101 cm³/mol. The highest BCUT2D eigenvalue weighted by Gasteiger charge is 2.25. The highest BCUT2D eigenvalue weighted by atomic mass is 16.4. The molecular weight excluding hydrogens is 348 g/mol. The number of aryl methyl sites for hydroxylation is 3. The maximum atomic E-state index is 12.9. The average Bonchev–Trinajstić information content (AvgIpc) is 2.95. The van der Waals surface area contributed by atoms with Crippen LogP contribution in [0, 0.1) is 20.8 Å². The molecule has 0 aliphatic rings. The number of furan rings is 1. The van der Waals surface area contributed by atoms with Crippen LogP contribution >= 0.6 is 0 Å². The van der Waals surface area contributed by atoms with E-state index in [0.29, 0.717) is 12.1 Å². The van der Waals surface area contributed by atoms with Crippen LogP contribution in [0.15, 0.2) is 28.9 Å². The van der Waals surface area contributed by atoms with Gasteiger partial charge in [-0.1, -0.05) is 18.2 Å². The normalized spacial score (nSPS) is 10.5. The summed E-state index contributed by atoms with van der Waals surface area (Å²) in [4.78, 5) is 37.7. The second-order valence-electron chi connectivity index (χ2n) is 6.42. The molecule has 0 aliphatic carbocycles. The van der Waals surface area contributed by atoms with Gasteiger partial charge in [0.2, 0.25) is 5.91 Å². The van der Waals surface area contributed by atoms with Crippen molar-refractivity contribution in [2.75, 3.05) is 18.4 Å². The van der Waals surface area contributed by atoms with Crippen LogP contribution < -0.4 is 5.32 Å². The Morgan fingerprint density at radius 2 is 1.74 bits per heavy atom. The molecule has 0 saturated heterocycles. The number of likely N-dealkylation sites (N-methyl/N-ethyl adjacent to an activating group) is 1. The molecule has 0 bridgehead atoms. The number of carboxylic acids is 1. The molecule has 0 atom stereocenters. The second kappa shape index (κ2) is 8.53. The Morgan fingerprint density at radius 3 is 2.30 bits per heavy atom. The number of para-hydroxylation sites is 1. The summed E-state index contributed by atoms with van der Waals surface area (Å²) in [6, 6.07) is 5.71. The summed E-state index contributed by atoms with van der Waals surface area (Å²) >= 11 is 0. The number of benzene rings is 1. The first-order valence-electron chi connectivity index (χ1n) is 8.68. The van der Waals surface area contributed by atoms with E-state index in [-0.39, 0.29) is 30.2 Å². The Kier molecular flexibility index (Phi) is 6.39. The minimum absolute atomic E-state index is 0.0959. The SMILES string of the molecule is CCN(CC(=O)Nc1c(C)cccc1C)C(=O)c1c(C)coc1CC(=O)O. The van der Waals surface area contributed by atoms with Gasteiger partial charge in [0, 0.05) is 17.8 Å². The molecule has 0 saturated carbocycles. The first-order valence-corrected chi connectivity index (χ1v) is 8.68. The van der Waals surface area contributed by atoms with E-state index in [4.69, 9.17) is 9.52 Å². The maximum Gasteiger partial charge on any atom is 0.311 e. The molecule has 2 amide bonds. The quantitative estimate of drug-likeness (QED) is 0.778. The standard InChI is InChI=1S/C20H24N2O5/c1-5-22(10-16(23)21-19-12(2)7-6-8-13(19)3)20(26)18-14(4)11-27-15(18)9-17(24)25/h6-8,11H,5,9-10H2,1-4H3,(H,21,23)(H,24,25). The topological polar surface area (TPSA) is 99.9 Å². The summed E-state index contributed by atoms with van der Waals surface area (Å²) in [7, 11) is 0. The highest BCUT2D eigenvalue weighted by molar-refractivity contribution is 6.01. The second-order valence-corrected chi connectivity index (χ2v) is 6.42. The smallest absolute Gasteiger partial charge is 0.311 e. The molecule has 0 unspecified atom stereocenters. The van der Waals surface area contributed by atoms with Crippen LogP contribution in [0.5, 0.6) is 0 Å². The van der Waals surface area contributed by atoms with E-state index in [9.17, 15) is 14.4 Å². The van der Waals surface area contributed by atoms with Crippen LogP contribution in [0.2, 0.25) is 0 Å². The number of carbonyl (C=O) groups is 3. The summed E-state index contributed by atoms with van der Waals surface area (Å²) in [6.07, 6.45) is 0.969. The van der Waals surface area contributed by atoms with Gasteiger partial charge in [0.05, 0.1) is 11.8 Å². The summed E-state index contributed by atoms with van der Waals surface area (Å²) in [5.74, 6) is -1.73. The van der Waals surface area contributed by atoms with Crippen molar-refractivity contribution in [2.45, 2.75) is 34.1 Å². The minimum Gasteiger partial charge on any atom is -0.481 e. The predicted octanol–water partition coefficient (Wildman–Crippen LogP) is 2.93. The van der Waals surface area contributed by atoms with Gasteiger partial charge in [-0.3, -0.25) is 14.4 Å². The van der Waals surface area contributed by atoms with Crippen LogP contribution in [-0.4, -0.2) is 40.9 Å². The number of nitrogens with one attached hydrogen (secondary N) is 1. The number of carbonyl (C=O) groups excluding carboxylic acids is 2. The fraction of sp³-hybridized carbons (Fsp3) is 0.350. The molecule has 1 aromatic carbocycles. The van der Waals surface area contributed by atoms with E-state index in [1.807, 2.05) is 32.0 Å². The maximum absolute atomic E-state index is 12.9. The van der Waals surface area contributed by atoms with Gasteiger partial charge in [-0.15, -0.1) is 0 Å². The van der Waals surface area contributed by atoms with Crippen molar-refractivity contribution in [2.24, 2.45) is 0 Å². The van der Waals surface area contributed by atoms with Gasteiger partial charge in [-0.2, -0.15) is 0 Å². The molecule has 2 rings (SSSR count). The van der Waals surface area contributed by atoms with Gasteiger partial charge >= 0.3 is 5.97 Å². The van der Waals surface area contributed by atoms with Crippen molar-refractivity contribution in [3.8, 4) is 0 Å². The van der Waals surface area contributed by atoms with Crippen LogP contribution in [-0.2, 0) is 16.0 Å². The van der Waals surface area contributed by atoms with Gasteiger partial charge in [-0.25, -0.2) is 0 Å². The number of aliphatic carboxylic acids is 1. The third-order valence-electron chi connectivity index (χ3n) is 4.33. The van der Waals surface area contributed by atoms with E-state index < -0.39 is 11.9 Å². The Hall–Kier alpha value is -3.09. The van der Waals surface area contributed by atoms with E-state index in [0.717, 1.165) is 16.8 Å². The monoisotopic (exact) mass is 372 g/mol. The zero-order valence-electron chi connectivity index (χ0n) is 16.0. The Morgan fingerprint density at radius 1 is 1.11 bits per heavy atom. The van der Waals surface area contributed by atoms with Gasteiger partial charge in [0.15, 0.2) is 0 Å². The summed E-state index contributed by atoms with van der Waals surface area (Å²) in [6.45, 7) is 7.40.